The van der Waals surface area contributed by atoms with Crippen LogP contribution in [0, 0.1) is 25.2 Å². The summed E-state index contributed by atoms with van der Waals surface area (Å²) >= 11 is 0. The van der Waals surface area contributed by atoms with Crippen LogP contribution in [0.4, 0.5) is 0 Å². The Morgan fingerprint density at radius 2 is 1.88 bits per heavy atom. The quantitative estimate of drug-likeness (QED) is 0.640. The summed E-state index contributed by atoms with van der Waals surface area (Å²) in [5.74, 6) is -0.227. The predicted octanol–water partition coefficient (Wildman–Crippen LogP) is 2.86. The summed E-state index contributed by atoms with van der Waals surface area (Å²) in [4.78, 5) is 14.3. The number of benzene rings is 1. The third kappa shape index (κ3) is 3.49. The van der Waals surface area contributed by atoms with Crippen LogP contribution < -0.4 is 0 Å². The first kappa shape index (κ1) is 17.0. The molecule has 1 aromatic carbocycles. The molecule has 5 nitrogen and oxygen atoms in total. The SMILES string of the molecule is Cc1cc(/C=C(\C#N)C(=O)N2CCOCC2)c(C)n1-c1ccccc1. The van der Waals surface area contributed by atoms with E-state index in [1.54, 1.807) is 11.0 Å². The Morgan fingerprint density at radius 3 is 2.52 bits per heavy atom. The lowest BCUT2D eigenvalue weighted by molar-refractivity contribution is -0.130. The zero-order chi connectivity index (χ0) is 17.8. The fourth-order valence-electron chi connectivity index (χ4n) is 3.14. The summed E-state index contributed by atoms with van der Waals surface area (Å²) in [5, 5.41) is 9.47. The Kier molecular flexibility index (Phi) is 5.01. The second-order valence-corrected chi connectivity index (χ2v) is 6.07. The monoisotopic (exact) mass is 335 g/mol. The number of amides is 1. The van der Waals surface area contributed by atoms with Crippen molar-refractivity contribution in [1.82, 2.24) is 9.47 Å². The average molecular weight is 335 g/mol. The minimum absolute atomic E-state index is 0.162. The van der Waals surface area contributed by atoms with Crippen molar-refractivity contribution in [3.63, 3.8) is 0 Å². The average Bonchev–Trinajstić information content (AvgIpc) is 2.94. The molecule has 1 amide bonds. The largest absolute Gasteiger partial charge is 0.378 e. The summed E-state index contributed by atoms with van der Waals surface area (Å²) < 4.78 is 7.39. The van der Waals surface area contributed by atoms with Gasteiger partial charge in [-0.25, -0.2) is 0 Å². The minimum atomic E-state index is -0.227. The van der Waals surface area contributed by atoms with Crippen molar-refractivity contribution in [2.45, 2.75) is 13.8 Å². The maximum Gasteiger partial charge on any atom is 0.264 e. The van der Waals surface area contributed by atoms with E-state index in [2.05, 4.69) is 10.6 Å². The van der Waals surface area contributed by atoms with Crippen LogP contribution >= 0.6 is 0 Å². The standard InChI is InChI=1S/C20H21N3O2/c1-15-12-17(16(2)23(15)19-6-4-3-5-7-19)13-18(14-21)20(24)22-8-10-25-11-9-22/h3-7,12-13H,8-11H2,1-2H3/b18-13+. The Bertz CT molecular complexity index is 838. The minimum Gasteiger partial charge on any atom is -0.378 e. The van der Waals surface area contributed by atoms with Crippen LogP contribution in [-0.2, 0) is 9.53 Å². The van der Waals surface area contributed by atoms with Crippen molar-refractivity contribution < 1.29 is 9.53 Å². The summed E-state index contributed by atoms with van der Waals surface area (Å²) in [7, 11) is 0. The van der Waals surface area contributed by atoms with Crippen LogP contribution in [-0.4, -0.2) is 41.7 Å². The second-order valence-electron chi connectivity index (χ2n) is 6.07. The number of carbonyl (C=O) groups is 1. The van der Waals surface area contributed by atoms with Gasteiger partial charge in [0.25, 0.3) is 5.91 Å². The molecule has 0 bridgehead atoms. The molecule has 1 aromatic heterocycles. The van der Waals surface area contributed by atoms with Crippen molar-refractivity contribution in [3.05, 3.63) is 58.9 Å². The number of aromatic nitrogens is 1. The number of hydrogen-bond donors (Lipinski definition) is 0. The Morgan fingerprint density at radius 1 is 1.20 bits per heavy atom. The Labute approximate surface area is 147 Å². The first-order valence-corrected chi connectivity index (χ1v) is 8.35. The fourth-order valence-corrected chi connectivity index (χ4v) is 3.14. The van der Waals surface area contributed by atoms with Gasteiger partial charge in [-0.05, 0) is 43.7 Å². The van der Waals surface area contributed by atoms with E-state index < -0.39 is 0 Å². The van der Waals surface area contributed by atoms with E-state index in [9.17, 15) is 10.1 Å². The summed E-state index contributed by atoms with van der Waals surface area (Å²) in [6.45, 7) is 6.12. The highest BCUT2D eigenvalue weighted by Crippen LogP contribution is 2.23. The van der Waals surface area contributed by atoms with Gasteiger partial charge in [0.2, 0.25) is 0 Å². The van der Waals surface area contributed by atoms with E-state index in [4.69, 9.17) is 4.74 Å². The van der Waals surface area contributed by atoms with Gasteiger partial charge in [-0.3, -0.25) is 4.79 Å². The molecule has 2 aromatic rings. The van der Waals surface area contributed by atoms with Crippen molar-refractivity contribution in [2.75, 3.05) is 26.3 Å². The molecular formula is C20H21N3O2. The highest BCUT2D eigenvalue weighted by atomic mass is 16.5. The van der Waals surface area contributed by atoms with E-state index in [0.717, 1.165) is 22.6 Å². The zero-order valence-corrected chi connectivity index (χ0v) is 14.5. The molecule has 2 heterocycles. The van der Waals surface area contributed by atoms with Gasteiger partial charge in [0.05, 0.1) is 13.2 Å². The van der Waals surface area contributed by atoms with E-state index in [-0.39, 0.29) is 11.5 Å². The number of nitrogens with zero attached hydrogens (tertiary/aromatic N) is 3. The van der Waals surface area contributed by atoms with E-state index in [0.29, 0.717) is 26.3 Å². The summed E-state index contributed by atoms with van der Waals surface area (Å²) in [6.07, 6.45) is 1.69. The third-order valence-electron chi connectivity index (χ3n) is 4.43. The second kappa shape index (κ2) is 7.37. The topological polar surface area (TPSA) is 58.3 Å². The van der Waals surface area contributed by atoms with E-state index in [1.807, 2.05) is 50.2 Å². The van der Waals surface area contributed by atoms with Crippen molar-refractivity contribution in [2.24, 2.45) is 0 Å². The fraction of sp³-hybridized carbons (Fsp3) is 0.300. The Hall–Kier alpha value is -2.84. The molecule has 1 fully saturated rings. The van der Waals surface area contributed by atoms with Crippen molar-refractivity contribution in [1.29, 1.82) is 5.26 Å². The number of hydrogen-bond acceptors (Lipinski definition) is 3. The van der Waals surface area contributed by atoms with Crippen molar-refractivity contribution >= 4 is 12.0 Å². The van der Waals surface area contributed by atoms with Crippen LogP contribution in [0.2, 0.25) is 0 Å². The number of aryl methyl sites for hydroxylation is 1. The number of para-hydroxylation sites is 1. The molecule has 128 valence electrons. The number of nitriles is 1. The molecule has 1 saturated heterocycles. The molecule has 5 heteroatoms. The van der Waals surface area contributed by atoms with Crippen LogP contribution in [0.5, 0.6) is 0 Å². The highest BCUT2D eigenvalue weighted by Gasteiger charge is 2.21. The molecule has 1 aliphatic rings. The maximum absolute atomic E-state index is 12.6. The number of carbonyl (C=O) groups excluding carboxylic acids is 1. The van der Waals surface area contributed by atoms with Crippen LogP contribution in [0.15, 0.2) is 42.0 Å². The molecule has 0 spiro atoms. The van der Waals surface area contributed by atoms with Gasteiger partial charge in [0.15, 0.2) is 0 Å². The maximum atomic E-state index is 12.6. The summed E-state index contributed by atoms with van der Waals surface area (Å²) in [6, 6.07) is 14.1. The summed E-state index contributed by atoms with van der Waals surface area (Å²) in [5.41, 5.74) is 4.18. The number of ether oxygens (including phenoxy) is 1. The number of rotatable bonds is 3. The molecule has 0 unspecified atom stereocenters. The van der Waals surface area contributed by atoms with Crippen LogP contribution in [0.3, 0.4) is 0 Å². The lowest BCUT2D eigenvalue weighted by atomic mass is 10.1. The number of morpholine rings is 1. The first-order valence-electron chi connectivity index (χ1n) is 8.35. The van der Waals surface area contributed by atoms with Crippen molar-refractivity contribution in [3.8, 4) is 11.8 Å². The van der Waals surface area contributed by atoms with Gasteiger partial charge in [-0.1, -0.05) is 18.2 Å². The molecule has 0 saturated carbocycles. The molecule has 1 aliphatic heterocycles. The highest BCUT2D eigenvalue weighted by molar-refractivity contribution is 6.01. The molecule has 3 rings (SSSR count). The van der Waals surface area contributed by atoms with Gasteiger partial charge in [0.1, 0.15) is 11.6 Å². The third-order valence-corrected chi connectivity index (χ3v) is 4.43. The normalized spacial score (nSPS) is 15.1. The predicted molar refractivity (Wildman–Crippen MR) is 96.2 cm³/mol. The first-order chi connectivity index (χ1) is 12.1. The molecule has 25 heavy (non-hydrogen) atoms. The molecular weight excluding hydrogens is 314 g/mol. The van der Waals surface area contributed by atoms with Gasteiger partial charge < -0.3 is 14.2 Å². The van der Waals surface area contributed by atoms with Crippen LogP contribution in [0.25, 0.3) is 11.8 Å². The van der Waals surface area contributed by atoms with Crippen LogP contribution in [0.1, 0.15) is 17.0 Å². The van der Waals surface area contributed by atoms with Gasteiger partial charge >= 0.3 is 0 Å². The zero-order valence-electron chi connectivity index (χ0n) is 14.5. The smallest absolute Gasteiger partial charge is 0.264 e. The Balaban J connectivity index is 1.94. The van der Waals surface area contributed by atoms with Gasteiger partial charge in [-0.2, -0.15) is 5.26 Å². The van der Waals surface area contributed by atoms with Gasteiger partial charge in [0, 0.05) is 30.2 Å². The van der Waals surface area contributed by atoms with E-state index in [1.165, 1.54) is 0 Å². The molecule has 0 atom stereocenters. The lowest BCUT2D eigenvalue weighted by Gasteiger charge is -2.26. The lowest BCUT2D eigenvalue weighted by Crippen LogP contribution is -2.41. The molecule has 0 radical (unpaired) electrons. The molecule has 0 N–H and O–H groups in total. The molecule has 0 aliphatic carbocycles. The van der Waals surface area contributed by atoms with Gasteiger partial charge in [-0.15, -0.1) is 0 Å². The van der Waals surface area contributed by atoms with E-state index >= 15 is 0 Å².